The van der Waals surface area contributed by atoms with Crippen LogP contribution in [-0.4, -0.2) is 35.1 Å². The molecule has 0 saturated carbocycles. The average Bonchev–Trinajstić information content (AvgIpc) is 2.46. The van der Waals surface area contributed by atoms with Crippen LogP contribution in [0.3, 0.4) is 0 Å². The van der Waals surface area contributed by atoms with Crippen LogP contribution < -0.4 is 4.74 Å². The number of rotatable bonds is 10. The van der Waals surface area contributed by atoms with Crippen LogP contribution in [0, 0.1) is 0 Å². The first-order valence-electron chi connectivity index (χ1n) is 7.32. The third kappa shape index (κ3) is 6.26. The Hall–Kier alpha value is -1.26. The molecule has 114 valence electrons. The second-order valence-electron chi connectivity index (χ2n) is 5.13. The van der Waals surface area contributed by atoms with Crippen molar-refractivity contribution in [3.05, 3.63) is 23.8 Å². The molecule has 4 nitrogen and oxygen atoms in total. The van der Waals surface area contributed by atoms with Crippen LogP contribution in [0.2, 0.25) is 0 Å². The first-order valence-corrected chi connectivity index (χ1v) is 7.32. The molecular formula is C16H26O4. The van der Waals surface area contributed by atoms with Crippen molar-refractivity contribution in [2.45, 2.75) is 51.0 Å². The summed E-state index contributed by atoms with van der Waals surface area (Å²) in [5.41, 5.74) is 1.05. The number of benzene rings is 1. The van der Waals surface area contributed by atoms with E-state index < -0.39 is 0 Å². The Bertz CT molecular complexity index is 379. The quantitative estimate of drug-likeness (QED) is 0.577. The molecule has 1 aromatic carbocycles. The molecule has 1 aromatic rings. The van der Waals surface area contributed by atoms with Gasteiger partial charge in [-0.25, -0.2) is 0 Å². The van der Waals surface area contributed by atoms with Gasteiger partial charge in [-0.05, 0) is 43.4 Å². The summed E-state index contributed by atoms with van der Waals surface area (Å²) in [6.07, 6.45) is 5.94. The monoisotopic (exact) mass is 282 g/mol. The second kappa shape index (κ2) is 9.61. The van der Waals surface area contributed by atoms with Crippen LogP contribution in [0.25, 0.3) is 0 Å². The third-order valence-corrected chi connectivity index (χ3v) is 3.46. The summed E-state index contributed by atoms with van der Waals surface area (Å²) in [6.45, 7) is 0.255. The summed E-state index contributed by atoms with van der Waals surface area (Å²) in [5, 5.41) is 28.1. The first kappa shape index (κ1) is 16.8. The van der Waals surface area contributed by atoms with Crippen molar-refractivity contribution in [2.24, 2.45) is 0 Å². The van der Waals surface area contributed by atoms with Gasteiger partial charge in [0.05, 0.1) is 13.2 Å². The number of hydrogen-bond acceptors (Lipinski definition) is 4. The highest BCUT2D eigenvalue weighted by atomic mass is 16.5. The van der Waals surface area contributed by atoms with Gasteiger partial charge in [-0.3, -0.25) is 0 Å². The van der Waals surface area contributed by atoms with E-state index in [0.29, 0.717) is 12.2 Å². The number of hydrogen-bond donors (Lipinski definition) is 3. The van der Waals surface area contributed by atoms with Crippen molar-refractivity contribution in [3.8, 4) is 11.5 Å². The Morgan fingerprint density at radius 1 is 1.10 bits per heavy atom. The topological polar surface area (TPSA) is 69.9 Å². The summed E-state index contributed by atoms with van der Waals surface area (Å²) in [4.78, 5) is 0. The van der Waals surface area contributed by atoms with Crippen molar-refractivity contribution >= 4 is 0 Å². The molecule has 0 fully saturated rings. The molecule has 0 bridgehead atoms. The van der Waals surface area contributed by atoms with E-state index in [4.69, 9.17) is 9.84 Å². The van der Waals surface area contributed by atoms with Gasteiger partial charge in [-0.2, -0.15) is 0 Å². The zero-order valence-electron chi connectivity index (χ0n) is 12.2. The lowest BCUT2D eigenvalue weighted by atomic mass is 10.0. The Labute approximate surface area is 121 Å². The van der Waals surface area contributed by atoms with Crippen LogP contribution >= 0.6 is 0 Å². The van der Waals surface area contributed by atoms with Crippen LogP contribution in [0.5, 0.6) is 11.5 Å². The molecule has 0 saturated heterocycles. The number of aliphatic hydroxyl groups excluding tert-OH is 2. The van der Waals surface area contributed by atoms with Crippen LogP contribution in [0.15, 0.2) is 18.2 Å². The minimum Gasteiger partial charge on any atom is -0.504 e. The fourth-order valence-corrected chi connectivity index (χ4v) is 2.20. The highest BCUT2D eigenvalue weighted by Gasteiger charge is 2.07. The lowest BCUT2D eigenvalue weighted by molar-refractivity contribution is 0.151. The normalized spacial score (nSPS) is 12.3. The zero-order valence-corrected chi connectivity index (χ0v) is 12.2. The predicted octanol–water partition coefficient (Wildman–Crippen LogP) is 2.64. The molecule has 1 rings (SSSR count). The van der Waals surface area contributed by atoms with Gasteiger partial charge in [0.25, 0.3) is 0 Å². The van der Waals surface area contributed by atoms with Gasteiger partial charge in [0.2, 0.25) is 0 Å². The van der Waals surface area contributed by atoms with Gasteiger partial charge < -0.3 is 20.1 Å². The lowest BCUT2D eigenvalue weighted by Crippen LogP contribution is -2.07. The number of aromatic hydroxyl groups is 1. The summed E-state index contributed by atoms with van der Waals surface area (Å²) in [7, 11) is 1.53. The fourth-order valence-electron chi connectivity index (χ4n) is 2.20. The van der Waals surface area contributed by atoms with Crippen LogP contribution in [0.1, 0.15) is 44.1 Å². The highest BCUT2D eigenvalue weighted by molar-refractivity contribution is 5.41. The molecule has 0 aliphatic rings. The zero-order chi connectivity index (χ0) is 14.8. The van der Waals surface area contributed by atoms with Gasteiger partial charge >= 0.3 is 0 Å². The molecule has 0 radical (unpaired) electrons. The maximum atomic E-state index is 9.92. The van der Waals surface area contributed by atoms with Gasteiger partial charge in [-0.15, -0.1) is 0 Å². The molecule has 1 unspecified atom stereocenters. The second-order valence-corrected chi connectivity index (χ2v) is 5.13. The summed E-state index contributed by atoms with van der Waals surface area (Å²) >= 11 is 0. The lowest BCUT2D eigenvalue weighted by Gasteiger charge is -2.11. The van der Waals surface area contributed by atoms with E-state index in [1.165, 1.54) is 7.11 Å². The van der Waals surface area contributed by atoms with Gasteiger partial charge in [0.1, 0.15) is 0 Å². The molecule has 0 amide bonds. The van der Waals surface area contributed by atoms with Crippen molar-refractivity contribution in [1.82, 2.24) is 0 Å². The Balaban J connectivity index is 2.25. The van der Waals surface area contributed by atoms with E-state index in [1.54, 1.807) is 6.07 Å². The largest absolute Gasteiger partial charge is 0.504 e. The standard InChI is InChI=1S/C16H26O4/c1-20-16-12-13(8-10-15(16)19)7-9-14(18)6-4-2-3-5-11-17/h8,10,12,14,17-19H,2-7,9,11H2,1H3. The molecule has 3 N–H and O–H groups in total. The molecular weight excluding hydrogens is 256 g/mol. The maximum Gasteiger partial charge on any atom is 0.160 e. The molecule has 1 atom stereocenters. The highest BCUT2D eigenvalue weighted by Crippen LogP contribution is 2.27. The Morgan fingerprint density at radius 2 is 1.85 bits per heavy atom. The number of aliphatic hydroxyl groups is 2. The van der Waals surface area contributed by atoms with E-state index in [1.807, 2.05) is 12.1 Å². The summed E-state index contributed by atoms with van der Waals surface area (Å²) < 4.78 is 5.06. The minimum atomic E-state index is -0.288. The maximum absolute atomic E-state index is 9.92. The molecule has 0 aliphatic carbocycles. The molecule has 4 heteroatoms. The molecule has 0 spiro atoms. The SMILES string of the molecule is COc1cc(CCC(O)CCCCCCO)ccc1O. The average molecular weight is 282 g/mol. The molecule has 20 heavy (non-hydrogen) atoms. The van der Waals surface area contributed by atoms with Gasteiger partial charge in [0.15, 0.2) is 11.5 Å². The third-order valence-electron chi connectivity index (χ3n) is 3.46. The Morgan fingerprint density at radius 3 is 2.55 bits per heavy atom. The predicted molar refractivity (Wildman–Crippen MR) is 79.2 cm³/mol. The van der Waals surface area contributed by atoms with E-state index >= 15 is 0 Å². The number of unbranched alkanes of at least 4 members (excludes halogenated alkanes) is 3. The van der Waals surface area contributed by atoms with E-state index in [2.05, 4.69) is 0 Å². The molecule has 0 aliphatic heterocycles. The Kier molecular flexibility index (Phi) is 8.07. The van der Waals surface area contributed by atoms with Gasteiger partial charge in [0, 0.05) is 6.61 Å². The number of aryl methyl sites for hydroxylation is 1. The molecule has 0 heterocycles. The number of methoxy groups -OCH3 is 1. The minimum absolute atomic E-state index is 0.140. The number of phenolic OH excluding ortho intramolecular Hbond substituents is 1. The van der Waals surface area contributed by atoms with Crippen LogP contribution in [0.4, 0.5) is 0 Å². The number of ether oxygens (including phenoxy) is 1. The molecule has 0 aromatic heterocycles. The smallest absolute Gasteiger partial charge is 0.160 e. The van der Waals surface area contributed by atoms with E-state index in [9.17, 15) is 10.2 Å². The van der Waals surface area contributed by atoms with E-state index in [0.717, 1.165) is 44.1 Å². The van der Waals surface area contributed by atoms with Crippen molar-refractivity contribution in [1.29, 1.82) is 0 Å². The first-order chi connectivity index (χ1) is 9.67. The van der Waals surface area contributed by atoms with E-state index in [-0.39, 0.29) is 18.5 Å². The summed E-state index contributed by atoms with van der Waals surface area (Å²) in [5.74, 6) is 0.613. The van der Waals surface area contributed by atoms with Crippen molar-refractivity contribution < 1.29 is 20.1 Å². The fraction of sp³-hybridized carbons (Fsp3) is 0.625. The van der Waals surface area contributed by atoms with Crippen molar-refractivity contribution in [3.63, 3.8) is 0 Å². The van der Waals surface area contributed by atoms with Crippen molar-refractivity contribution in [2.75, 3.05) is 13.7 Å². The van der Waals surface area contributed by atoms with Gasteiger partial charge in [-0.1, -0.05) is 25.3 Å². The van der Waals surface area contributed by atoms with Crippen LogP contribution in [-0.2, 0) is 6.42 Å². The summed E-state index contributed by atoms with van der Waals surface area (Å²) in [6, 6.07) is 5.28. The number of phenols is 1.